The summed E-state index contributed by atoms with van der Waals surface area (Å²) in [5, 5.41) is 8.69. The molecular formula is C25H23FN4O. The van der Waals surface area contributed by atoms with Gasteiger partial charge >= 0.3 is 0 Å². The van der Waals surface area contributed by atoms with Crippen molar-refractivity contribution in [1.29, 1.82) is 0 Å². The molecule has 1 aliphatic rings. The van der Waals surface area contributed by atoms with Crippen molar-refractivity contribution < 1.29 is 9.18 Å². The highest BCUT2D eigenvalue weighted by Gasteiger charge is 2.32. The fraction of sp³-hybridized carbons (Fsp3) is 0.240. The Hall–Kier alpha value is -3.54. The molecule has 0 atom stereocenters. The van der Waals surface area contributed by atoms with Gasteiger partial charge in [0.25, 0.3) is 5.91 Å². The molecule has 2 aromatic carbocycles. The summed E-state index contributed by atoms with van der Waals surface area (Å²) >= 11 is 0. The molecule has 0 unspecified atom stereocenters. The van der Waals surface area contributed by atoms with E-state index >= 15 is 0 Å². The van der Waals surface area contributed by atoms with Gasteiger partial charge in [-0.1, -0.05) is 37.3 Å². The van der Waals surface area contributed by atoms with Crippen LogP contribution in [0.5, 0.6) is 0 Å². The number of fused-ring (bicyclic) bond motifs is 1. The van der Waals surface area contributed by atoms with E-state index in [1.165, 1.54) is 12.1 Å². The molecule has 6 heteroatoms. The molecule has 1 fully saturated rings. The van der Waals surface area contributed by atoms with Crippen LogP contribution in [0.25, 0.3) is 16.7 Å². The lowest BCUT2D eigenvalue weighted by Gasteiger charge is -2.10. The lowest BCUT2D eigenvalue weighted by atomic mass is 10.1. The second-order valence-corrected chi connectivity index (χ2v) is 7.93. The predicted molar refractivity (Wildman–Crippen MR) is 118 cm³/mol. The first-order valence-corrected chi connectivity index (χ1v) is 10.6. The zero-order valence-corrected chi connectivity index (χ0v) is 17.3. The highest BCUT2D eigenvalue weighted by atomic mass is 19.1. The maximum Gasteiger partial charge on any atom is 0.252 e. The number of hydrogen-bond acceptors (Lipinski definition) is 3. The molecule has 1 amide bonds. The van der Waals surface area contributed by atoms with E-state index < -0.39 is 0 Å². The van der Waals surface area contributed by atoms with Crippen LogP contribution in [0.1, 0.15) is 53.0 Å². The molecule has 1 aliphatic carbocycles. The predicted octanol–water partition coefficient (Wildman–Crippen LogP) is 4.93. The van der Waals surface area contributed by atoms with Crippen molar-refractivity contribution in [3.05, 3.63) is 89.0 Å². The fourth-order valence-corrected chi connectivity index (χ4v) is 3.83. The monoisotopic (exact) mass is 414 g/mol. The van der Waals surface area contributed by atoms with Crippen molar-refractivity contribution in [3.63, 3.8) is 0 Å². The van der Waals surface area contributed by atoms with Crippen LogP contribution >= 0.6 is 0 Å². The van der Waals surface area contributed by atoms with Gasteiger partial charge in [0.15, 0.2) is 5.65 Å². The van der Waals surface area contributed by atoms with Crippen LogP contribution < -0.4 is 5.32 Å². The molecule has 2 aromatic heterocycles. The third kappa shape index (κ3) is 3.81. The first-order chi connectivity index (χ1) is 15.1. The van der Waals surface area contributed by atoms with Crippen molar-refractivity contribution in [1.82, 2.24) is 20.1 Å². The number of carbonyl (C=O) groups is 1. The molecule has 0 bridgehead atoms. The Morgan fingerprint density at radius 1 is 1.13 bits per heavy atom. The van der Waals surface area contributed by atoms with E-state index in [4.69, 9.17) is 10.1 Å². The summed E-state index contributed by atoms with van der Waals surface area (Å²) in [5.41, 5.74) is 4.75. The van der Waals surface area contributed by atoms with Crippen LogP contribution in [0, 0.1) is 5.82 Å². The largest absolute Gasteiger partial charge is 0.348 e. The molecule has 156 valence electrons. The summed E-state index contributed by atoms with van der Waals surface area (Å²) in [4.78, 5) is 18.1. The summed E-state index contributed by atoms with van der Waals surface area (Å²) in [6, 6.07) is 17.9. The molecule has 4 aromatic rings. The van der Waals surface area contributed by atoms with E-state index in [0.717, 1.165) is 40.9 Å². The Kier molecular flexibility index (Phi) is 4.98. The highest BCUT2D eigenvalue weighted by molar-refractivity contribution is 6.07. The van der Waals surface area contributed by atoms with Gasteiger partial charge in [-0.25, -0.2) is 14.1 Å². The Bertz CT molecular complexity index is 1240. The summed E-state index contributed by atoms with van der Waals surface area (Å²) in [7, 11) is 0. The van der Waals surface area contributed by atoms with Crippen LogP contribution in [0.4, 0.5) is 4.39 Å². The van der Waals surface area contributed by atoms with E-state index in [1.807, 2.05) is 43.3 Å². The SMILES string of the molecule is CCc1cc(C(=O)NCc2ccccc2)c2c(C3CC3)nn(-c3ccc(F)cc3)c2n1. The molecule has 1 N–H and O–H groups in total. The van der Waals surface area contributed by atoms with Crippen LogP contribution in [0.15, 0.2) is 60.7 Å². The number of nitrogens with one attached hydrogen (secondary N) is 1. The highest BCUT2D eigenvalue weighted by Crippen LogP contribution is 2.43. The van der Waals surface area contributed by atoms with Crippen LogP contribution in [0.2, 0.25) is 0 Å². The number of benzene rings is 2. The summed E-state index contributed by atoms with van der Waals surface area (Å²) in [6.07, 6.45) is 2.80. The zero-order valence-electron chi connectivity index (χ0n) is 17.3. The van der Waals surface area contributed by atoms with Gasteiger partial charge in [-0.3, -0.25) is 4.79 Å². The van der Waals surface area contributed by atoms with E-state index in [2.05, 4.69) is 5.32 Å². The maximum absolute atomic E-state index is 13.5. The molecule has 2 heterocycles. The average molecular weight is 414 g/mol. The Balaban J connectivity index is 1.62. The molecule has 1 saturated carbocycles. The smallest absolute Gasteiger partial charge is 0.252 e. The first kappa shape index (κ1) is 19.4. The minimum atomic E-state index is -0.300. The molecule has 5 rings (SSSR count). The number of halogens is 1. The molecular weight excluding hydrogens is 391 g/mol. The lowest BCUT2D eigenvalue weighted by molar-refractivity contribution is 0.0952. The second-order valence-electron chi connectivity index (χ2n) is 7.93. The first-order valence-electron chi connectivity index (χ1n) is 10.6. The Morgan fingerprint density at radius 3 is 2.55 bits per heavy atom. The molecule has 5 nitrogen and oxygen atoms in total. The number of rotatable bonds is 6. The van der Waals surface area contributed by atoms with Gasteiger partial charge in [-0.15, -0.1) is 0 Å². The van der Waals surface area contributed by atoms with E-state index in [9.17, 15) is 9.18 Å². The van der Waals surface area contributed by atoms with Gasteiger partial charge < -0.3 is 5.32 Å². The molecule has 31 heavy (non-hydrogen) atoms. The van der Waals surface area contributed by atoms with Gasteiger partial charge in [-0.2, -0.15) is 5.10 Å². The molecule has 0 aliphatic heterocycles. The van der Waals surface area contributed by atoms with Gasteiger partial charge in [0.1, 0.15) is 5.82 Å². The van der Waals surface area contributed by atoms with Gasteiger partial charge in [0.05, 0.1) is 22.3 Å². The van der Waals surface area contributed by atoms with Crippen molar-refractivity contribution >= 4 is 16.9 Å². The van der Waals surface area contributed by atoms with Crippen LogP contribution in [-0.2, 0) is 13.0 Å². The van der Waals surface area contributed by atoms with Gasteiger partial charge in [0.2, 0.25) is 0 Å². The Labute approximate surface area is 179 Å². The average Bonchev–Trinajstić information content (AvgIpc) is 3.58. The maximum atomic E-state index is 13.5. The number of aromatic nitrogens is 3. The number of amides is 1. The zero-order chi connectivity index (χ0) is 21.4. The van der Waals surface area contributed by atoms with Crippen molar-refractivity contribution in [3.8, 4) is 5.69 Å². The number of aryl methyl sites for hydroxylation is 1. The molecule has 0 spiro atoms. The van der Waals surface area contributed by atoms with Crippen molar-refractivity contribution in [2.45, 2.75) is 38.6 Å². The number of pyridine rings is 1. The Morgan fingerprint density at radius 2 is 1.87 bits per heavy atom. The molecule has 0 saturated heterocycles. The molecule has 0 radical (unpaired) electrons. The summed E-state index contributed by atoms with van der Waals surface area (Å²) in [6.45, 7) is 2.47. The number of carbonyl (C=O) groups excluding carboxylic acids is 1. The number of hydrogen-bond donors (Lipinski definition) is 1. The van der Waals surface area contributed by atoms with E-state index in [-0.39, 0.29) is 11.7 Å². The lowest BCUT2D eigenvalue weighted by Crippen LogP contribution is -2.23. The van der Waals surface area contributed by atoms with Crippen LogP contribution in [-0.4, -0.2) is 20.7 Å². The minimum absolute atomic E-state index is 0.133. The normalized spacial score (nSPS) is 13.5. The topological polar surface area (TPSA) is 59.8 Å². The van der Waals surface area contributed by atoms with Gasteiger partial charge in [0, 0.05) is 18.2 Å². The minimum Gasteiger partial charge on any atom is -0.348 e. The van der Waals surface area contributed by atoms with Crippen molar-refractivity contribution in [2.24, 2.45) is 0 Å². The summed E-state index contributed by atoms with van der Waals surface area (Å²) < 4.78 is 15.2. The number of nitrogens with zero attached hydrogens (tertiary/aromatic N) is 3. The van der Waals surface area contributed by atoms with Crippen LogP contribution in [0.3, 0.4) is 0 Å². The van der Waals surface area contributed by atoms with E-state index in [0.29, 0.717) is 30.1 Å². The standard InChI is InChI=1S/C25H23FN4O/c1-2-19-14-21(25(31)27-15-16-6-4-3-5-7-16)22-23(17-8-9-17)29-30(24(22)28-19)20-12-10-18(26)11-13-20/h3-7,10-14,17H,2,8-9,15H2,1H3,(H,27,31). The van der Waals surface area contributed by atoms with E-state index in [1.54, 1.807) is 16.8 Å². The quantitative estimate of drug-likeness (QED) is 0.487. The van der Waals surface area contributed by atoms with Gasteiger partial charge in [-0.05, 0) is 55.2 Å². The third-order valence-electron chi connectivity index (χ3n) is 5.66. The summed E-state index contributed by atoms with van der Waals surface area (Å²) in [5.74, 6) is -0.100. The second kappa shape index (κ2) is 7.95. The fourth-order valence-electron chi connectivity index (χ4n) is 3.83. The third-order valence-corrected chi connectivity index (χ3v) is 5.66. The van der Waals surface area contributed by atoms with Crippen molar-refractivity contribution in [2.75, 3.05) is 0 Å².